The zero-order valence-electron chi connectivity index (χ0n) is 12.1. The second-order valence-electron chi connectivity index (χ2n) is 5.52. The lowest BCUT2D eigenvalue weighted by Gasteiger charge is -2.10. The Bertz CT molecular complexity index is 812. The summed E-state index contributed by atoms with van der Waals surface area (Å²) in [7, 11) is 0. The fourth-order valence-electron chi connectivity index (χ4n) is 2.26. The predicted octanol–water partition coefficient (Wildman–Crippen LogP) is 2.83. The molecule has 0 atom stereocenters. The molecule has 0 radical (unpaired) electrons. The summed E-state index contributed by atoms with van der Waals surface area (Å²) in [5, 5.41) is 16.7. The van der Waals surface area contributed by atoms with Crippen LogP contribution < -0.4 is 5.32 Å². The molecule has 1 aliphatic rings. The van der Waals surface area contributed by atoms with Gasteiger partial charge in [-0.25, -0.2) is 9.48 Å². The number of benzene rings is 1. The van der Waals surface area contributed by atoms with Gasteiger partial charge in [0, 0.05) is 5.69 Å². The summed E-state index contributed by atoms with van der Waals surface area (Å²) in [4.78, 5) is 23.4. The van der Waals surface area contributed by atoms with Crippen LogP contribution in [0.25, 0.3) is 5.69 Å². The number of carboxylic acids is 1. The summed E-state index contributed by atoms with van der Waals surface area (Å²) >= 11 is 11.9. The summed E-state index contributed by atoms with van der Waals surface area (Å²) < 4.78 is 1.55. The van der Waals surface area contributed by atoms with Gasteiger partial charge < -0.3 is 10.4 Å². The van der Waals surface area contributed by atoms with Gasteiger partial charge >= 0.3 is 5.97 Å². The van der Waals surface area contributed by atoms with E-state index in [1.54, 1.807) is 35.9 Å². The Labute approximate surface area is 142 Å². The number of aromatic nitrogens is 2. The molecule has 2 N–H and O–H groups in total. The number of halogens is 2. The van der Waals surface area contributed by atoms with E-state index in [1.165, 1.54) is 0 Å². The third-order valence-electron chi connectivity index (χ3n) is 3.78. The summed E-state index contributed by atoms with van der Waals surface area (Å²) in [5.41, 5.74) is 0.392. The van der Waals surface area contributed by atoms with E-state index in [-0.39, 0.29) is 5.69 Å². The van der Waals surface area contributed by atoms with Gasteiger partial charge in [0.25, 0.3) is 5.91 Å². The second kappa shape index (κ2) is 5.54. The average Bonchev–Trinajstić information content (AvgIpc) is 3.17. The zero-order valence-corrected chi connectivity index (χ0v) is 13.6. The Morgan fingerprint density at radius 3 is 2.52 bits per heavy atom. The minimum atomic E-state index is -1.14. The lowest BCUT2D eigenvalue weighted by Crippen LogP contribution is -2.43. The number of nitrogens with zero attached hydrogens (tertiary/aromatic N) is 2. The van der Waals surface area contributed by atoms with Crippen LogP contribution in [0.5, 0.6) is 0 Å². The van der Waals surface area contributed by atoms with E-state index >= 15 is 0 Å². The van der Waals surface area contributed by atoms with Gasteiger partial charge in [0.2, 0.25) is 0 Å². The molecule has 1 amide bonds. The molecule has 120 valence electrons. The zero-order chi connectivity index (χ0) is 16.8. The van der Waals surface area contributed by atoms with Crippen molar-refractivity contribution in [3.05, 3.63) is 45.7 Å². The second-order valence-corrected chi connectivity index (χ2v) is 6.34. The first-order valence-electron chi connectivity index (χ1n) is 6.90. The molecule has 0 unspecified atom stereocenters. The summed E-state index contributed by atoms with van der Waals surface area (Å²) in [5.74, 6) is -1.53. The van der Waals surface area contributed by atoms with Crippen molar-refractivity contribution in [2.45, 2.75) is 25.3 Å². The van der Waals surface area contributed by atoms with Crippen LogP contribution in [-0.2, 0) is 4.79 Å². The Morgan fingerprint density at radius 2 is 1.96 bits per heavy atom. The molecule has 1 aliphatic carbocycles. The Morgan fingerprint density at radius 1 is 1.26 bits per heavy atom. The molecule has 0 saturated heterocycles. The molecule has 1 fully saturated rings. The maximum atomic E-state index is 12.2. The summed E-state index contributed by atoms with van der Waals surface area (Å²) in [6, 6.07) is 6.61. The van der Waals surface area contributed by atoms with Crippen molar-refractivity contribution in [2.24, 2.45) is 0 Å². The molecule has 1 heterocycles. The van der Waals surface area contributed by atoms with Crippen molar-refractivity contribution < 1.29 is 14.7 Å². The smallest absolute Gasteiger partial charge is 0.329 e. The molecular weight excluding hydrogens is 341 g/mol. The maximum absolute atomic E-state index is 12.2. The molecule has 0 spiro atoms. The number of aliphatic carboxylic acids is 1. The highest BCUT2D eigenvalue weighted by atomic mass is 35.5. The molecule has 6 nitrogen and oxygen atoms in total. The molecule has 1 aromatic heterocycles. The quantitative estimate of drug-likeness (QED) is 0.884. The molecule has 1 aromatic carbocycles. The van der Waals surface area contributed by atoms with E-state index in [4.69, 9.17) is 28.3 Å². The monoisotopic (exact) mass is 353 g/mol. The van der Waals surface area contributed by atoms with Gasteiger partial charge in [-0.1, -0.05) is 23.2 Å². The molecule has 3 rings (SSSR count). The van der Waals surface area contributed by atoms with Crippen LogP contribution in [0.2, 0.25) is 10.0 Å². The fraction of sp³-hybridized carbons (Fsp3) is 0.267. The van der Waals surface area contributed by atoms with Crippen molar-refractivity contribution in [1.29, 1.82) is 0 Å². The van der Waals surface area contributed by atoms with Gasteiger partial charge in [-0.15, -0.1) is 0 Å². The van der Waals surface area contributed by atoms with Crippen molar-refractivity contribution in [1.82, 2.24) is 15.1 Å². The standard InChI is InChI=1S/C15H13Cl2N3O3/c1-8-6-12(13(21)18-15(4-5-15)14(22)23)19-20(8)9-2-3-10(16)11(17)7-9/h2-3,6-7H,4-5H2,1H3,(H,18,21)(H,22,23). The van der Waals surface area contributed by atoms with Gasteiger partial charge in [0.05, 0.1) is 15.7 Å². The van der Waals surface area contributed by atoms with Crippen molar-refractivity contribution >= 4 is 35.1 Å². The Kier molecular flexibility index (Phi) is 3.82. The van der Waals surface area contributed by atoms with Gasteiger partial charge in [-0.05, 0) is 44.0 Å². The third-order valence-corrected chi connectivity index (χ3v) is 4.52. The highest BCUT2D eigenvalue weighted by Gasteiger charge is 2.51. The lowest BCUT2D eigenvalue weighted by molar-refractivity contribution is -0.140. The van der Waals surface area contributed by atoms with E-state index in [0.717, 1.165) is 0 Å². The molecule has 8 heteroatoms. The van der Waals surface area contributed by atoms with Gasteiger partial charge in [0.15, 0.2) is 5.69 Å². The number of nitrogens with one attached hydrogen (secondary N) is 1. The van der Waals surface area contributed by atoms with Crippen LogP contribution >= 0.6 is 23.2 Å². The highest BCUT2D eigenvalue weighted by Crippen LogP contribution is 2.35. The molecular formula is C15H13Cl2N3O3. The van der Waals surface area contributed by atoms with Gasteiger partial charge in [-0.3, -0.25) is 4.79 Å². The van der Waals surface area contributed by atoms with Crippen LogP contribution in [0.3, 0.4) is 0 Å². The largest absolute Gasteiger partial charge is 0.480 e. The minimum Gasteiger partial charge on any atom is -0.480 e. The number of hydrogen-bond donors (Lipinski definition) is 2. The number of carbonyl (C=O) groups excluding carboxylic acids is 1. The molecule has 0 bridgehead atoms. The normalized spacial score (nSPS) is 15.3. The van der Waals surface area contributed by atoms with E-state index in [9.17, 15) is 9.59 Å². The number of rotatable bonds is 4. The summed E-state index contributed by atoms with van der Waals surface area (Å²) in [6.45, 7) is 1.79. The molecule has 1 saturated carbocycles. The van der Waals surface area contributed by atoms with Crippen molar-refractivity contribution in [3.8, 4) is 5.69 Å². The first-order chi connectivity index (χ1) is 10.8. The van der Waals surface area contributed by atoms with Gasteiger partial charge in [0.1, 0.15) is 5.54 Å². The Hall–Kier alpha value is -2.05. The first kappa shape index (κ1) is 15.8. The van der Waals surface area contributed by atoms with Crippen LogP contribution in [0, 0.1) is 6.92 Å². The van der Waals surface area contributed by atoms with Crippen LogP contribution in [0.4, 0.5) is 0 Å². The fourth-order valence-corrected chi connectivity index (χ4v) is 2.55. The maximum Gasteiger partial charge on any atom is 0.329 e. The van der Waals surface area contributed by atoms with Crippen molar-refractivity contribution in [3.63, 3.8) is 0 Å². The number of carbonyl (C=O) groups is 2. The average molecular weight is 354 g/mol. The number of hydrogen-bond acceptors (Lipinski definition) is 3. The summed E-state index contributed by atoms with van der Waals surface area (Å²) in [6.07, 6.45) is 0.862. The van der Waals surface area contributed by atoms with Crippen LogP contribution in [0.15, 0.2) is 24.3 Å². The Balaban J connectivity index is 1.87. The molecule has 0 aliphatic heterocycles. The van der Waals surface area contributed by atoms with E-state index in [2.05, 4.69) is 10.4 Å². The SMILES string of the molecule is Cc1cc(C(=O)NC2(C(=O)O)CC2)nn1-c1ccc(Cl)c(Cl)c1. The van der Waals surface area contributed by atoms with E-state index < -0.39 is 17.4 Å². The van der Waals surface area contributed by atoms with Crippen molar-refractivity contribution in [2.75, 3.05) is 0 Å². The minimum absolute atomic E-state index is 0.154. The van der Waals surface area contributed by atoms with Gasteiger partial charge in [-0.2, -0.15) is 5.10 Å². The van der Waals surface area contributed by atoms with Crippen LogP contribution in [0.1, 0.15) is 29.0 Å². The number of aryl methyl sites for hydroxylation is 1. The van der Waals surface area contributed by atoms with Crippen LogP contribution in [-0.4, -0.2) is 32.3 Å². The predicted molar refractivity (Wildman–Crippen MR) is 85.4 cm³/mol. The van der Waals surface area contributed by atoms with E-state index in [1.807, 2.05) is 0 Å². The molecule has 2 aromatic rings. The molecule has 23 heavy (non-hydrogen) atoms. The first-order valence-corrected chi connectivity index (χ1v) is 7.66. The van der Waals surface area contributed by atoms with E-state index in [0.29, 0.717) is 34.3 Å². The third kappa shape index (κ3) is 2.92. The highest BCUT2D eigenvalue weighted by molar-refractivity contribution is 6.42. The number of carboxylic acid groups (broad SMARTS) is 1. The topological polar surface area (TPSA) is 84.2 Å². The number of amides is 1. The lowest BCUT2D eigenvalue weighted by atomic mass is 10.2.